The zero-order chi connectivity index (χ0) is 13.3. The third kappa shape index (κ3) is 2.16. The number of amides is 3. The molecule has 0 aromatic heterocycles. The molecule has 0 saturated carbocycles. The summed E-state index contributed by atoms with van der Waals surface area (Å²) in [5.41, 5.74) is 6.76. The van der Waals surface area contributed by atoms with Crippen molar-refractivity contribution in [2.24, 2.45) is 0 Å². The standard InChI is InChI=1S/C13H17N3O2/c1-9(2)15-7-6-12(17)16(13(15)18)11-5-3-4-10(14)8-11/h3-5,8-9H,6-7,14H2,1-2H3. The topological polar surface area (TPSA) is 66.6 Å². The number of rotatable bonds is 2. The van der Waals surface area contributed by atoms with Crippen LogP contribution < -0.4 is 10.6 Å². The molecule has 96 valence electrons. The Hall–Kier alpha value is -2.04. The second kappa shape index (κ2) is 4.68. The molecule has 0 aliphatic carbocycles. The van der Waals surface area contributed by atoms with Gasteiger partial charge in [-0.15, -0.1) is 0 Å². The highest BCUT2D eigenvalue weighted by Gasteiger charge is 2.34. The van der Waals surface area contributed by atoms with E-state index in [1.807, 2.05) is 13.8 Å². The van der Waals surface area contributed by atoms with Crippen molar-refractivity contribution in [3.63, 3.8) is 0 Å². The number of nitrogens with two attached hydrogens (primary N) is 1. The van der Waals surface area contributed by atoms with Crippen molar-refractivity contribution in [3.05, 3.63) is 24.3 Å². The van der Waals surface area contributed by atoms with E-state index in [9.17, 15) is 9.59 Å². The molecule has 0 atom stereocenters. The maximum Gasteiger partial charge on any atom is 0.331 e. The minimum absolute atomic E-state index is 0.0779. The number of carbonyl (C=O) groups is 2. The van der Waals surface area contributed by atoms with Crippen LogP contribution in [0.3, 0.4) is 0 Å². The van der Waals surface area contributed by atoms with E-state index >= 15 is 0 Å². The van der Waals surface area contributed by atoms with Gasteiger partial charge in [0.1, 0.15) is 0 Å². The van der Waals surface area contributed by atoms with Gasteiger partial charge in [0.2, 0.25) is 5.91 Å². The van der Waals surface area contributed by atoms with Crippen LogP contribution in [-0.2, 0) is 4.79 Å². The quantitative estimate of drug-likeness (QED) is 0.811. The van der Waals surface area contributed by atoms with Crippen LogP contribution in [0.4, 0.5) is 16.2 Å². The third-order valence-corrected chi connectivity index (χ3v) is 3.00. The molecule has 2 N–H and O–H groups in total. The fourth-order valence-corrected chi connectivity index (χ4v) is 2.06. The van der Waals surface area contributed by atoms with E-state index in [1.54, 1.807) is 29.2 Å². The Balaban J connectivity index is 2.35. The zero-order valence-corrected chi connectivity index (χ0v) is 10.6. The molecule has 1 aromatic carbocycles. The Morgan fingerprint density at radius 3 is 2.61 bits per heavy atom. The molecule has 5 nitrogen and oxygen atoms in total. The third-order valence-electron chi connectivity index (χ3n) is 3.00. The first-order valence-corrected chi connectivity index (χ1v) is 6.00. The molecule has 18 heavy (non-hydrogen) atoms. The van der Waals surface area contributed by atoms with Gasteiger partial charge in [-0.05, 0) is 32.0 Å². The fourth-order valence-electron chi connectivity index (χ4n) is 2.06. The van der Waals surface area contributed by atoms with Gasteiger partial charge in [-0.3, -0.25) is 4.79 Å². The summed E-state index contributed by atoms with van der Waals surface area (Å²) in [6.45, 7) is 4.35. The van der Waals surface area contributed by atoms with E-state index in [-0.39, 0.29) is 18.0 Å². The molecule has 0 bridgehead atoms. The summed E-state index contributed by atoms with van der Waals surface area (Å²) >= 11 is 0. The molecule has 3 amide bonds. The fraction of sp³-hybridized carbons (Fsp3) is 0.385. The van der Waals surface area contributed by atoms with Crippen LogP contribution >= 0.6 is 0 Å². The van der Waals surface area contributed by atoms with Crippen LogP contribution in [-0.4, -0.2) is 29.4 Å². The smallest absolute Gasteiger partial charge is 0.331 e. The summed E-state index contributed by atoms with van der Waals surface area (Å²) in [7, 11) is 0. The summed E-state index contributed by atoms with van der Waals surface area (Å²) in [6.07, 6.45) is 0.346. The number of nitrogen functional groups attached to an aromatic ring is 1. The highest BCUT2D eigenvalue weighted by Crippen LogP contribution is 2.23. The van der Waals surface area contributed by atoms with E-state index in [1.165, 1.54) is 4.90 Å². The van der Waals surface area contributed by atoms with Crippen LogP contribution in [0.25, 0.3) is 0 Å². The number of imide groups is 1. The van der Waals surface area contributed by atoms with Crippen LogP contribution in [0.1, 0.15) is 20.3 Å². The van der Waals surface area contributed by atoms with Gasteiger partial charge in [0.15, 0.2) is 0 Å². The average Bonchev–Trinajstić information content (AvgIpc) is 2.28. The van der Waals surface area contributed by atoms with Gasteiger partial charge in [-0.2, -0.15) is 0 Å². The van der Waals surface area contributed by atoms with Gasteiger partial charge in [0, 0.05) is 24.7 Å². The van der Waals surface area contributed by atoms with Gasteiger partial charge < -0.3 is 10.6 Å². The first kappa shape index (κ1) is 12.4. The molecule has 1 aromatic rings. The van der Waals surface area contributed by atoms with Crippen LogP contribution in [0.15, 0.2) is 24.3 Å². The zero-order valence-electron chi connectivity index (χ0n) is 10.6. The minimum Gasteiger partial charge on any atom is -0.399 e. The maximum absolute atomic E-state index is 12.3. The van der Waals surface area contributed by atoms with Gasteiger partial charge >= 0.3 is 6.03 Å². The van der Waals surface area contributed by atoms with Gasteiger partial charge in [-0.25, -0.2) is 9.69 Å². The highest BCUT2D eigenvalue weighted by atomic mass is 16.2. The maximum atomic E-state index is 12.3. The lowest BCUT2D eigenvalue weighted by atomic mass is 10.2. The lowest BCUT2D eigenvalue weighted by Crippen LogP contribution is -2.54. The summed E-state index contributed by atoms with van der Waals surface area (Å²) in [5, 5.41) is 0. The monoisotopic (exact) mass is 247 g/mol. The Kier molecular flexibility index (Phi) is 3.23. The molecule has 5 heteroatoms. The SMILES string of the molecule is CC(C)N1CCC(=O)N(c2cccc(N)c2)C1=O. The summed E-state index contributed by atoms with van der Waals surface area (Å²) in [4.78, 5) is 27.1. The summed E-state index contributed by atoms with van der Waals surface area (Å²) in [6, 6.07) is 6.62. The number of benzene rings is 1. The molecule has 1 aliphatic rings. The Morgan fingerprint density at radius 2 is 2.00 bits per heavy atom. The van der Waals surface area contributed by atoms with E-state index in [2.05, 4.69) is 0 Å². The van der Waals surface area contributed by atoms with E-state index < -0.39 is 0 Å². The first-order valence-electron chi connectivity index (χ1n) is 6.00. The predicted octanol–water partition coefficient (Wildman–Crippen LogP) is 1.84. The second-order valence-electron chi connectivity index (χ2n) is 4.64. The number of nitrogens with zero attached hydrogens (tertiary/aromatic N) is 2. The normalized spacial score (nSPS) is 16.6. The van der Waals surface area contributed by atoms with Crippen LogP contribution in [0.2, 0.25) is 0 Å². The molecule has 2 rings (SSSR count). The molecular weight excluding hydrogens is 230 g/mol. The Labute approximate surface area is 106 Å². The van der Waals surface area contributed by atoms with Gasteiger partial charge in [0.05, 0.1) is 5.69 Å². The molecule has 1 saturated heterocycles. The first-order chi connectivity index (χ1) is 8.50. The van der Waals surface area contributed by atoms with Crippen LogP contribution in [0, 0.1) is 0 Å². The van der Waals surface area contributed by atoms with Crippen LogP contribution in [0.5, 0.6) is 0 Å². The van der Waals surface area contributed by atoms with Gasteiger partial charge in [-0.1, -0.05) is 6.07 Å². The van der Waals surface area contributed by atoms with Crippen molar-refractivity contribution in [2.45, 2.75) is 26.3 Å². The van der Waals surface area contributed by atoms with E-state index in [0.717, 1.165) is 0 Å². The summed E-state index contributed by atoms with van der Waals surface area (Å²) in [5.74, 6) is -0.178. The van der Waals surface area contributed by atoms with E-state index in [0.29, 0.717) is 24.3 Å². The van der Waals surface area contributed by atoms with Crippen molar-refractivity contribution in [3.8, 4) is 0 Å². The van der Waals surface area contributed by atoms with Crippen molar-refractivity contribution in [2.75, 3.05) is 17.2 Å². The molecule has 1 fully saturated rings. The number of carbonyl (C=O) groups excluding carboxylic acids is 2. The molecule has 1 heterocycles. The second-order valence-corrected chi connectivity index (χ2v) is 4.64. The molecule has 1 aliphatic heterocycles. The molecule has 0 unspecified atom stereocenters. The number of hydrogen-bond acceptors (Lipinski definition) is 3. The number of anilines is 2. The Morgan fingerprint density at radius 1 is 1.28 bits per heavy atom. The predicted molar refractivity (Wildman–Crippen MR) is 70.2 cm³/mol. The number of urea groups is 1. The lowest BCUT2D eigenvalue weighted by molar-refractivity contribution is -0.119. The molecule has 0 radical (unpaired) electrons. The average molecular weight is 247 g/mol. The summed E-state index contributed by atoms with van der Waals surface area (Å²) < 4.78 is 0. The van der Waals surface area contributed by atoms with Crippen molar-refractivity contribution < 1.29 is 9.59 Å². The van der Waals surface area contributed by atoms with Crippen molar-refractivity contribution in [1.29, 1.82) is 0 Å². The Bertz CT molecular complexity index is 485. The van der Waals surface area contributed by atoms with Gasteiger partial charge in [0.25, 0.3) is 0 Å². The highest BCUT2D eigenvalue weighted by molar-refractivity contribution is 6.16. The molecular formula is C13H17N3O2. The minimum atomic E-state index is -0.271. The van der Waals surface area contributed by atoms with E-state index in [4.69, 9.17) is 5.73 Å². The number of hydrogen-bond donors (Lipinski definition) is 1. The largest absolute Gasteiger partial charge is 0.399 e. The molecule has 0 spiro atoms. The lowest BCUT2D eigenvalue weighted by Gasteiger charge is -2.36. The van der Waals surface area contributed by atoms with Crippen molar-refractivity contribution >= 4 is 23.3 Å². The van der Waals surface area contributed by atoms with Crippen molar-refractivity contribution in [1.82, 2.24) is 4.90 Å².